The molecule has 0 aromatic rings. The number of methoxy groups -OCH3 is 1. The highest BCUT2D eigenvalue weighted by atomic mass is 16.5. The van der Waals surface area contributed by atoms with Crippen LogP contribution in [0.25, 0.3) is 0 Å². The van der Waals surface area contributed by atoms with E-state index in [1.807, 2.05) is 6.92 Å². The third-order valence-electron chi connectivity index (χ3n) is 0.745. The molecule has 2 nitrogen and oxygen atoms in total. The highest BCUT2D eigenvalue weighted by Crippen LogP contribution is 1.80. The van der Waals surface area contributed by atoms with E-state index in [4.69, 9.17) is 4.74 Å². The lowest BCUT2D eigenvalue weighted by atomic mass is 10.5. The smallest absolute Gasteiger partial charge is 0.0852 e. The Labute approximate surface area is 50.5 Å². The van der Waals surface area contributed by atoms with Gasteiger partial charge in [-0.3, -0.25) is 0 Å². The summed E-state index contributed by atoms with van der Waals surface area (Å²) in [6.07, 6.45) is 0. The topological polar surface area (TPSA) is 21.3 Å². The first-order valence-corrected chi connectivity index (χ1v) is 2.71. The van der Waals surface area contributed by atoms with E-state index in [0.717, 1.165) is 12.2 Å². The molecule has 0 amide bonds. The van der Waals surface area contributed by atoms with Gasteiger partial charge in [0.2, 0.25) is 0 Å². The zero-order valence-electron chi connectivity index (χ0n) is 5.53. The molecule has 0 atom stereocenters. The van der Waals surface area contributed by atoms with Crippen molar-refractivity contribution in [2.24, 2.45) is 0 Å². The molecule has 0 aliphatic heterocycles. The first-order chi connectivity index (χ1) is 3.81. The van der Waals surface area contributed by atoms with E-state index in [9.17, 15) is 0 Å². The van der Waals surface area contributed by atoms with Crippen LogP contribution in [-0.2, 0) is 4.74 Å². The summed E-state index contributed by atoms with van der Waals surface area (Å²) in [6, 6.07) is 0. The summed E-state index contributed by atoms with van der Waals surface area (Å²) in [5.74, 6) is 0. The summed E-state index contributed by atoms with van der Waals surface area (Å²) in [5.41, 5.74) is 0.940. The van der Waals surface area contributed by atoms with Crippen molar-refractivity contribution in [1.29, 1.82) is 0 Å². The fourth-order valence-corrected chi connectivity index (χ4v) is 0.475. The summed E-state index contributed by atoms with van der Waals surface area (Å²) in [5, 5.41) is 3.03. The van der Waals surface area contributed by atoms with Gasteiger partial charge in [-0.2, -0.15) is 0 Å². The second-order valence-electron chi connectivity index (χ2n) is 1.57. The maximum Gasteiger partial charge on any atom is 0.0852 e. The Hall–Kier alpha value is -0.500. The number of hydrogen-bond donors (Lipinski definition) is 1. The van der Waals surface area contributed by atoms with Gasteiger partial charge in [-0.25, -0.2) is 0 Å². The number of likely N-dealkylation sites (N-methyl/N-ethyl adjacent to an activating group) is 1. The molecule has 8 heavy (non-hydrogen) atoms. The summed E-state index contributed by atoms with van der Waals surface area (Å²) in [7, 11) is 1.66. The van der Waals surface area contributed by atoms with Crippen LogP contribution in [-0.4, -0.2) is 20.3 Å². The predicted octanol–water partition coefficient (Wildman–Crippen LogP) is 0.756. The molecule has 0 rings (SSSR count). The molecule has 0 aliphatic rings. The zero-order chi connectivity index (χ0) is 6.41. The maximum absolute atomic E-state index is 4.79. The van der Waals surface area contributed by atoms with E-state index in [1.165, 1.54) is 0 Å². The number of hydrogen-bond acceptors (Lipinski definition) is 2. The average Bonchev–Trinajstić information content (AvgIpc) is 1.68. The molecule has 1 N–H and O–H groups in total. The largest absolute Gasteiger partial charge is 0.387 e. The van der Waals surface area contributed by atoms with Gasteiger partial charge in [-0.15, -0.1) is 0 Å². The van der Waals surface area contributed by atoms with E-state index < -0.39 is 0 Å². The minimum absolute atomic E-state index is 0.605. The second-order valence-corrected chi connectivity index (χ2v) is 1.57. The van der Waals surface area contributed by atoms with E-state index in [-0.39, 0.29) is 0 Å². The quantitative estimate of drug-likeness (QED) is 0.584. The van der Waals surface area contributed by atoms with Gasteiger partial charge in [-0.1, -0.05) is 6.58 Å². The SMILES string of the molecule is C=C(COC)NCC. The summed E-state index contributed by atoms with van der Waals surface area (Å²) in [4.78, 5) is 0. The molecule has 2 heteroatoms. The first-order valence-electron chi connectivity index (χ1n) is 2.71. The second kappa shape index (κ2) is 4.65. The number of ether oxygens (including phenoxy) is 1. The van der Waals surface area contributed by atoms with Crippen LogP contribution < -0.4 is 5.32 Å². The summed E-state index contributed by atoms with van der Waals surface area (Å²) in [6.45, 7) is 7.25. The van der Waals surface area contributed by atoms with Gasteiger partial charge in [0.15, 0.2) is 0 Å². The molecule has 0 aromatic heterocycles. The minimum atomic E-state index is 0.605. The Balaban J connectivity index is 3.06. The minimum Gasteiger partial charge on any atom is -0.387 e. The molecule has 0 radical (unpaired) electrons. The highest BCUT2D eigenvalue weighted by molar-refractivity contribution is 4.89. The van der Waals surface area contributed by atoms with Crippen molar-refractivity contribution in [3.05, 3.63) is 12.3 Å². The fraction of sp³-hybridized carbons (Fsp3) is 0.667. The molecule has 0 unspecified atom stereocenters. The lowest BCUT2D eigenvalue weighted by molar-refractivity contribution is 0.220. The lowest BCUT2D eigenvalue weighted by Crippen LogP contribution is -2.14. The van der Waals surface area contributed by atoms with Crippen molar-refractivity contribution >= 4 is 0 Å². The summed E-state index contributed by atoms with van der Waals surface area (Å²) >= 11 is 0. The molecule has 0 aromatic carbocycles. The number of nitrogens with one attached hydrogen (secondary N) is 1. The van der Waals surface area contributed by atoms with Crippen LogP contribution in [0.2, 0.25) is 0 Å². The van der Waals surface area contributed by atoms with Crippen molar-refractivity contribution in [3.8, 4) is 0 Å². The van der Waals surface area contributed by atoms with Crippen LogP contribution in [0.4, 0.5) is 0 Å². The van der Waals surface area contributed by atoms with Crippen LogP contribution in [0, 0.1) is 0 Å². The monoisotopic (exact) mass is 115 g/mol. The third kappa shape index (κ3) is 3.68. The van der Waals surface area contributed by atoms with Crippen LogP contribution >= 0.6 is 0 Å². The Bertz CT molecular complexity index is 62.9. The van der Waals surface area contributed by atoms with Crippen molar-refractivity contribution in [2.45, 2.75) is 6.92 Å². The van der Waals surface area contributed by atoms with Crippen molar-refractivity contribution in [2.75, 3.05) is 20.3 Å². The molecule has 0 bridgehead atoms. The van der Waals surface area contributed by atoms with Gasteiger partial charge < -0.3 is 10.1 Å². The van der Waals surface area contributed by atoms with E-state index in [2.05, 4.69) is 11.9 Å². The van der Waals surface area contributed by atoms with Gasteiger partial charge in [0.1, 0.15) is 0 Å². The predicted molar refractivity (Wildman–Crippen MR) is 34.7 cm³/mol. The van der Waals surface area contributed by atoms with E-state index >= 15 is 0 Å². The average molecular weight is 115 g/mol. The molecular weight excluding hydrogens is 102 g/mol. The molecule has 0 aliphatic carbocycles. The highest BCUT2D eigenvalue weighted by Gasteiger charge is 1.84. The van der Waals surface area contributed by atoms with E-state index in [1.54, 1.807) is 7.11 Å². The first kappa shape index (κ1) is 7.50. The van der Waals surface area contributed by atoms with Crippen molar-refractivity contribution in [3.63, 3.8) is 0 Å². The molecule has 0 saturated carbocycles. The van der Waals surface area contributed by atoms with Gasteiger partial charge in [-0.05, 0) is 6.92 Å². The van der Waals surface area contributed by atoms with Gasteiger partial charge in [0.25, 0.3) is 0 Å². The lowest BCUT2D eigenvalue weighted by Gasteiger charge is -2.03. The maximum atomic E-state index is 4.79. The van der Waals surface area contributed by atoms with Crippen molar-refractivity contribution in [1.82, 2.24) is 5.32 Å². The third-order valence-corrected chi connectivity index (χ3v) is 0.745. The van der Waals surface area contributed by atoms with Gasteiger partial charge >= 0.3 is 0 Å². The standard InChI is InChI=1S/C6H13NO/c1-4-7-6(2)5-8-3/h7H,2,4-5H2,1,3H3. The number of rotatable bonds is 4. The fourth-order valence-electron chi connectivity index (χ4n) is 0.475. The van der Waals surface area contributed by atoms with Gasteiger partial charge in [0.05, 0.1) is 6.61 Å². The van der Waals surface area contributed by atoms with Gasteiger partial charge in [0, 0.05) is 19.4 Å². The Kier molecular flexibility index (Phi) is 4.36. The summed E-state index contributed by atoms with van der Waals surface area (Å²) < 4.78 is 4.79. The normalized spacial score (nSPS) is 8.75. The van der Waals surface area contributed by atoms with Crippen LogP contribution in [0.15, 0.2) is 12.3 Å². The van der Waals surface area contributed by atoms with E-state index in [0.29, 0.717) is 6.61 Å². The zero-order valence-corrected chi connectivity index (χ0v) is 5.53. The Morgan fingerprint density at radius 2 is 2.38 bits per heavy atom. The van der Waals surface area contributed by atoms with Crippen LogP contribution in [0.3, 0.4) is 0 Å². The van der Waals surface area contributed by atoms with Crippen LogP contribution in [0.1, 0.15) is 6.92 Å². The van der Waals surface area contributed by atoms with Crippen molar-refractivity contribution < 1.29 is 4.74 Å². The molecule has 0 spiro atoms. The molecule has 0 fully saturated rings. The molecular formula is C6H13NO. The molecule has 48 valence electrons. The Morgan fingerprint density at radius 1 is 1.75 bits per heavy atom. The molecule has 0 saturated heterocycles. The molecule has 0 heterocycles. The van der Waals surface area contributed by atoms with Crippen LogP contribution in [0.5, 0.6) is 0 Å². The Morgan fingerprint density at radius 3 is 2.75 bits per heavy atom.